The molecular weight excluding hydrogens is 417 g/mol. The quantitative estimate of drug-likeness (QED) is 0.336. The molecule has 3 N–H and O–H groups in total. The van der Waals surface area contributed by atoms with E-state index in [0.717, 1.165) is 25.7 Å². The summed E-state index contributed by atoms with van der Waals surface area (Å²) >= 11 is 0. The highest BCUT2D eigenvalue weighted by Gasteiger charge is 2.62. The van der Waals surface area contributed by atoms with E-state index in [1.807, 2.05) is 13.0 Å². The number of nitrogens with one attached hydrogen (secondary N) is 2. The molecule has 2 unspecified atom stereocenters. The zero-order valence-electron chi connectivity index (χ0n) is 18.5. The molecule has 0 spiro atoms. The summed E-state index contributed by atoms with van der Waals surface area (Å²) in [6, 6.07) is -1.26. The molecule has 174 valence electrons. The standard InChI is InChI=1S/C22H36N3O5P/c1-3-11-30-21(29)22-12-15(22)9-7-5-4-6-8-10-16(24-31)20(28)25-13-17(26)14(2)18(25)19(27)23-22/h7,9,14-18,24,26H,3-6,8,10-13,31H2,1-2H3,(H,23,27)/b9-7-/t14?,15-,16+,17+,18+,22-/m1/s1. The molecule has 1 saturated carbocycles. The molecular formula is C22H36N3O5P. The van der Waals surface area contributed by atoms with Gasteiger partial charge in [-0.1, -0.05) is 48.2 Å². The third-order valence-corrected chi connectivity index (χ3v) is 7.17. The minimum atomic E-state index is -1.08. The summed E-state index contributed by atoms with van der Waals surface area (Å²) in [7, 11) is 2.40. The fourth-order valence-corrected chi connectivity index (χ4v) is 4.99. The molecule has 2 amide bonds. The normalized spacial score (nSPS) is 37.7. The number of nitrogens with zero attached hydrogens (tertiary/aromatic N) is 1. The molecule has 0 aromatic heterocycles. The predicted octanol–water partition coefficient (Wildman–Crippen LogP) is 1.29. The molecule has 0 aromatic rings. The molecule has 9 heteroatoms. The fourth-order valence-electron chi connectivity index (χ4n) is 4.68. The lowest BCUT2D eigenvalue weighted by molar-refractivity contribution is -0.151. The third-order valence-electron chi connectivity index (χ3n) is 6.77. The number of ether oxygens (including phenoxy) is 1. The van der Waals surface area contributed by atoms with Crippen molar-refractivity contribution in [2.75, 3.05) is 13.2 Å². The summed E-state index contributed by atoms with van der Waals surface area (Å²) in [5.74, 6) is -1.56. The Morgan fingerprint density at radius 1 is 1.39 bits per heavy atom. The largest absolute Gasteiger partial charge is 0.464 e. The summed E-state index contributed by atoms with van der Waals surface area (Å²) in [6.07, 6.45) is 8.95. The summed E-state index contributed by atoms with van der Waals surface area (Å²) in [5.41, 5.74) is -1.08. The number of carbonyl (C=O) groups is 3. The van der Waals surface area contributed by atoms with E-state index in [4.69, 9.17) is 4.74 Å². The van der Waals surface area contributed by atoms with Crippen LogP contribution in [-0.2, 0) is 19.1 Å². The van der Waals surface area contributed by atoms with Crippen LogP contribution < -0.4 is 10.4 Å². The number of aliphatic hydroxyl groups is 1. The second-order valence-corrected chi connectivity index (χ2v) is 9.39. The number of allylic oxidation sites excluding steroid dienone is 1. The molecule has 3 rings (SSSR count). The van der Waals surface area contributed by atoms with Crippen LogP contribution in [-0.4, -0.2) is 64.7 Å². The van der Waals surface area contributed by atoms with Gasteiger partial charge in [-0.25, -0.2) is 4.79 Å². The van der Waals surface area contributed by atoms with Gasteiger partial charge in [0.15, 0.2) is 0 Å². The fraction of sp³-hybridized carbons (Fsp3) is 0.773. The van der Waals surface area contributed by atoms with Gasteiger partial charge in [-0.05, 0) is 32.1 Å². The monoisotopic (exact) mass is 453 g/mol. The van der Waals surface area contributed by atoms with Gasteiger partial charge in [0.2, 0.25) is 11.8 Å². The number of hydrogen-bond acceptors (Lipinski definition) is 6. The molecule has 1 aliphatic carbocycles. The molecule has 31 heavy (non-hydrogen) atoms. The van der Waals surface area contributed by atoms with Crippen LogP contribution in [0.2, 0.25) is 0 Å². The van der Waals surface area contributed by atoms with Crippen LogP contribution >= 0.6 is 9.39 Å². The van der Waals surface area contributed by atoms with Crippen molar-refractivity contribution in [2.24, 2.45) is 11.8 Å². The number of fused-ring (bicyclic) bond motifs is 2. The first-order valence-corrected chi connectivity index (χ1v) is 12.0. The predicted molar refractivity (Wildman–Crippen MR) is 120 cm³/mol. The maximum Gasteiger partial charge on any atom is 0.332 e. The van der Waals surface area contributed by atoms with Crippen molar-refractivity contribution in [3.63, 3.8) is 0 Å². The highest BCUT2D eigenvalue weighted by atomic mass is 31.0. The first-order valence-electron chi connectivity index (χ1n) is 11.5. The number of carbonyl (C=O) groups excluding carboxylic acids is 3. The number of esters is 1. The van der Waals surface area contributed by atoms with Crippen molar-refractivity contribution in [3.8, 4) is 0 Å². The second-order valence-electron chi connectivity index (χ2n) is 9.05. The molecule has 0 bridgehead atoms. The second kappa shape index (κ2) is 10.4. The minimum absolute atomic E-state index is 0.109. The number of hydrogen-bond donors (Lipinski definition) is 3. The van der Waals surface area contributed by atoms with Gasteiger partial charge >= 0.3 is 5.97 Å². The van der Waals surface area contributed by atoms with E-state index in [1.165, 1.54) is 4.90 Å². The zero-order valence-corrected chi connectivity index (χ0v) is 19.7. The Hall–Kier alpha value is -1.50. The topological polar surface area (TPSA) is 108 Å². The first kappa shape index (κ1) is 24.1. The summed E-state index contributed by atoms with van der Waals surface area (Å²) in [5, 5.41) is 16.4. The van der Waals surface area contributed by atoms with Crippen LogP contribution in [0.25, 0.3) is 0 Å². The van der Waals surface area contributed by atoms with Gasteiger partial charge in [0.05, 0.1) is 18.8 Å². The molecule has 3 aliphatic rings. The van der Waals surface area contributed by atoms with E-state index in [9.17, 15) is 19.5 Å². The molecule has 0 aromatic carbocycles. The van der Waals surface area contributed by atoms with Gasteiger partial charge in [-0.3, -0.25) is 14.7 Å². The van der Waals surface area contributed by atoms with Crippen molar-refractivity contribution in [3.05, 3.63) is 12.2 Å². The zero-order chi connectivity index (χ0) is 22.6. The smallest absolute Gasteiger partial charge is 0.332 e. The molecule has 2 fully saturated rings. The van der Waals surface area contributed by atoms with Gasteiger partial charge in [0, 0.05) is 18.4 Å². The van der Waals surface area contributed by atoms with E-state index in [1.54, 1.807) is 6.92 Å². The van der Waals surface area contributed by atoms with Gasteiger partial charge < -0.3 is 20.1 Å². The van der Waals surface area contributed by atoms with E-state index < -0.39 is 41.5 Å². The van der Waals surface area contributed by atoms with Crippen LogP contribution in [0.15, 0.2) is 12.2 Å². The maximum atomic E-state index is 13.4. The molecule has 8 nitrogen and oxygen atoms in total. The van der Waals surface area contributed by atoms with Crippen LogP contribution in [0.3, 0.4) is 0 Å². The minimum Gasteiger partial charge on any atom is -0.464 e. The number of aliphatic hydroxyl groups excluding tert-OH is 1. The van der Waals surface area contributed by atoms with Gasteiger partial charge in [-0.15, -0.1) is 0 Å². The van der Waals surface area contributed by atoms with Crippen molar-refractivity contribution in [1.82, 2.24) is 15.3 Å². The van der Waals surface area contributed by atoms with Crippen molar-refractivity contribution in [2.45, 2.75) is 82.5 Å². The third kappa shape index (κ3) is 5.12. The highest BCUT2D eigenvalue weighted by Crippen LogP contribution is 2.46. The Morgan fingerprint density at radius 3 is 2.87 bits per heavy atom. The van der Waals surface area contributed by atoms with Crippen LogP contribution in [0.4, 0.5) is 0 Å². The Kier molecular flexibility index (Phi) is 8.11. The van der Waals surface area contributed by atoms with Crippen LogP contribution in [0, 0.1) is 11.8 Å². The summed E-state index contributed by atoms with van der Waals surface area (Å²) in [6.45, 7) is 4.10. The van der Waals surface area contributed by atoms with E-state index in [0.29, 0.717) is 25.9 Å². The van der Waals surface area contributed by atoms with E-state index >= 15 is 0 Å². The van der Waals surface area contributed by atoms with Gasteiger partial charge in [0.25, 0.3) is 0 Å². The van der Waals surface area contributed by atoms with Crippen molar-refractivity contribution in [1.29, 1.82) is 0 Å². The molecule has 7 atom stereocenters. The summed E-state index contributed by atoms with van der Waals surface area (Å²) < 4.78 is 5.40. The number of amides is 2. The van der Waals surface area contributed by atoms with Crippen molar-refractivity contribution >= 4 is 27.2 Å². The van der Waals surface area contributed by atoms with Crippen molar-refractivity contribution < 1.29 is 24.2 Å². The average Bonchev–Trinajstić information content (AvgIpc) is 3.36. The molecule has 1 saturated heterocycles. The maximum absolute atomic E-state index is 13.4. The Morgan fingerprint density at radius 2 is 2.16 bits per heavy atom. The summed E-state index contributed by atoms with van der Waals surface area (Å²) in [4.78, 5) is 40.9. The lowest BCUT2D eigenvalue weighted by Crippen LogP contribution is -2.56. The number of rotatable bonds is 4. The molecule has 2 aliphatic heterocycles. The molecule has 0 radical (unpaired) electrons. The Labute approximate surface area is 186 Å². The first-order chi connectivity index (χ1) is 14.9. The van der Waals surface area contributed by atoms with Crippen LogP contribution in [0.1, 0.15) is 58.8 Å². The van der Waals surface area contributed by atoms with Gasteiger partial charge in [0.1, 0.15) is 11.6 Å². The van der Waals surface area contributed by atoms with E-state index in [-0.39, 0.29) is 18.4 Å². The molecule has 2 heterocycles. The average molecular weight is 454 g/mol. The van der Waals surface area contributed by atoms with Gasteiger partial charge in [-0.2, -0.15) is 0 Å². The van der Waals surface area contributed by atoms with Crippen LogP contribution in [0.5, 0.6) is 0 Å². The Balaban J connectivity index is 1.88. The SMILES string of the molecule is CCCOC(=O)[C@@]12C[C@H]1/C=C\CCCCC[C@H](NP)C(=O)N1C[C@H](O)C(C)[C@H]1C(=O)N2. The lowest BCUT2D eigenvalue weighted by atomic mass is 9.98. The Bertz CT molecular complexity index is 717. The van der Waals surface area contributed by atoms with E-state index in [2.05, 4.69) is 25.9 Å². The highest BCUT2D eigenvalue weighted by molar-refractivity contribution is 7.13. The lowest BCUT2D eigenvalue weighted by Gasteiger charge is -2.30.